The van der Waals surface area contributed by atoms with Gasteiger partial charge in [0.15, 0.2) is 0 Å². The molecule has 2 rings (SSSR count). The number of nitrogens with zero attached hydrogens (tertiary/aromatic N) is 1. The number of carbonyl (C=O) groups excluding carboxylic acids is 1. The van der Waals surface area contributed by atoms with Gasteiger partial charge in [0.25, 0.3) is 0 Å². The number of hydrogen-bond donors (Lipinski definition) is 2. The minimum Gasteiger partial charge on any atom is -0.380 e. The molecule has 6 heteroatoms. The molecule has 0 spiro atoms. The molecule has 0 bridgehead atoms. The zero-order valence-corrected chi connectivity index (χ0v) is 10.7. The summed E-state index contributed by atoms with van der Waals surface area (Å²) in [5, 5.41) is 2.83. The summed E-state index contributed by atoms with van der Waals surface area (Å²) >= 11 is 1.55. The van der Waals surface area contributed by atoms with Gasteiger partial charge in [-0.1, -0.05) is 0 Å². The number of benzene rings is 1. The Kier molecular flexibility index (Phi) is 4.63. The van der Waals surface area contributed by atoms with E-state index < -0.39 is 0 Å². The number of hydrogen-bond acceptors (Lipinski definition) is 5. The maximum Gasteiger partial charge on any atom is 0.226 e. The standard InChI is InChI=1S/C12H15N3O2S/c13-4-6-17-5-3-12(16)15-9-1-2-10-11(7-9)18-8-14-10/h1-2,7-8H,3-6,13H2,(H,15,16). The van der Waals surface area contributed by atoms with Crippen molar-refractivity contribution in [3.63, 3.8) is 0 Å². The molecule has 18 heavy (non-hydrogen) atoms. The lowest BCUT2D eigenvalue weighted by Crippen LogP contribution is -2.16. The van der Waals surface area contributed by atoms with E-state index in [-0.39, 0.29) is 5.91 Å². The molecule has 0 aliphatic rings. The van der Waals surface area contributed by atoms with E-state index in [0.717, 1.165) is 15.9 Å². The lowest BCUT2D eigenvalue weighted by atomic mass is 10.3. The van der Waals surface area contributed by atoms with Crippen LogP contribution in [-0.2, 0) is 9.53 Å². The van der Waals surface area contributed by atoms with Crippen LogP contribution in [0.2, 0.25) is 0 Å². The molecule has 1 aromatic heterocycles. The summed E-state index contributed by atoms with van der Waals surface area (Å²) in [4.78, 5) is 15.8. The van der Waals surface area contributed by atoms with E-state index >= 15 is 0 Å². The number of nitrogens with two attached hydrogens (primary N) is 1. The maximum atomic E-state index is 11.6. The molecular formula is C12H15N3O2S. The summed E-state index contributed by atoms with van der Waals surface area (Å²) in [6.07, 6.45) is 0.334. The molecule has 0 saturated carbocycles. The molecule has 0 fully saturated rings. The van der Waals surface area contributed by atoms with Gasteiger partial charge in [0.05, 0.1) is 35.4 Å². The third-order valence-corrected chi connectivity index (χ3v) is 3.14. The minimum absolute atomic E-state index is 0.0594. The monoisotopic (exact) mass is 265 g/mol. The first-order valence-electron chi connectivity index (χ1n) is 5.70. The Bertz CT molecular complexity index is 527. The van der Waals surface area contributed by atoms with Crippen LogP contribution >= 0.6 is 11.3 Å². The smallest absolute Gasteiger partial charge is 0.226 e. The number of fused-ring (bicyclic) bond motifs is 1. The average Bonchev–Trinajstić information content (AvgIpc) is 2.82. The molecule has 96 valence electrons. The predicted octanol–water partition coefficient (Wildman–Crippen LogP) is 1.60. The molecule has 2 aromatic rings. The first-order valence-corrected chi connectivity index (χ1v) is 6.58. The van der Waals surface area contributed by atoms with E-state index in [1.54, 1.807) is 16.8 Å². The number of anilines is 1. The summed E-state index contributed by atoms with van der Waals surface area (Å²) in [5.41, 5.74) is 8.81. The fourth-order valence-corrected chi connectivity index (χ4v) is 2.22. The van der Waals surface area contributed by atoms with Crippen LogP contribution in [0, 0.1) is 0 Å². The van der Waals surface area contributed by atoms with Gasteiger partial charge < -0.3 is 15.8 Å². The van der Waals surface area contributed by atoms with Crippen molar-refractivity contribution in [2.24, 2.45) is 5.73 Å². The zero-order chi connectivity index (χ0) is 12.8. The Morgan fingerprint density at radius 2 is 2.33 bits per heavy atom. The van der Waals surface area contributed by atoms with Crippen LogP contribution in [0.3, 0.4) is 0 Å². The number of carbonyl (C=O) groups is 1. The average molecular weight is 265 g/mol. The number of amides is 1. The zero-order valence-electron chi connectivity index (χ0n) is 9.89. The van der Waals surface area contributed by atoms with E-state index in [4.69, 9.17) is 10.5 Å². The summed E-state index contributed by atoms with van der Waals surface area (Å²) in [6, 6.07) is 5.67. The van der Waals surface area contributed by atoms with Gasteiger partial charge in [-0.2, -0.15) is 0 Å². The number of thiazole rings is 1. The molecule has 3 N–H and O–H groups in total. The van der Waals surface area contributed by atoms with Gasteiger partial charge in [0.2, 0.25) is 5.91 Å². The van der Waals surface area contributed by atoms with Crippen LogP contribution in [0.25, 0.3) is 10.2 Å². The van der Waals surface area contributed by atoms with Gasteiger partial charge in [0, 0.05) is 12.2 Å². The Morgan fingerprint density at radius 3 is 3.17 bits per heavy atom. The topological polar surface area (TPSA) is 77.2 Å². The fourth-order valence-electron chi connectivity index (χ4n) is 1.51. The second-order valence-corrected chi connectivity index (χ2v) is 4.62. The number of rotatable bonds is 6. The predicted molar refractivity (Wildman–Crippen MR) is 72.7 cm³/mol. The van der Waals surface area contributed by atoms with Crippen molar-refractivity contribution in [3.05, 3.63) is 23.7 Å². The molecule has 0 aliphatic carbocycles. The molecule has 0 unspecified atom stereocenters. The van der Waals surface area contributed by atoms with Gasteiger partial charge in [-0.15, -0.1) is 11.3 Å². The van der Waals surface area contributed by atoms with E-state index in [0.29, 0.717) is 26.2 Å². The van der Waals surface area contributed by atoms with E-state index in [1.165, 1.54) is 0 Å². The third-order valence-electron chi connectivity index (χ3n) is 2.35. The minimum atomic E-state index is -0.0594. The van der Waals surface area contributed by atoms with Gasteiger partial charge in [-0.05, 0) is 18.2 Å². The number of aromatic nitrogens is 1. The van der Waals surface area contributed by atoms with Crippen LogP contribution in [0.1, 0.15) is 6.42 Å². The van der Waals surface area contributed by atoms with Crippen molar-refractivity contribution in [1.29, 1.82) is 0 Å². The second-order valence-electron chi connectivity index (χ2n) is 3.73. The van der Waals surface area contributed by atoms with Crippen molar-refractivity contribution >= 4 is 33.1 Å². The lowest BCUT2D eigenvalue weighted by molar-refractivity contribution is -0.117. The lowest BCUT2D eigenvalue weighted by Gasteiger charge is -2.05. The van der Waals surface area contributed by atoms with Crippen LogP contribution in [0.5, 0.6) is 0 Å². The normalized spacial score (nSPS) is 10.7. The summed E-state index contributed by atoms with van der Waals surface area (Å²) in [5.74, 6) is -0.0594. The highest BCUT2D eigenvalue weighted by atomic mass is 32.1. The van der Waals surface area contributed by atoms with Gasteiger partial charge >= 0.3 is 0 Å². The second kappa shape index (κ2) is 6.44. The van der Waals surface area contributed by atoms with Gasteiger partial charge in [-0.25, -0.2) is 4.98 Å². The first-order chi connectivity index (χ1) is 8.79. The van der Waals surface area contributed by atoms with Gasteiger partial charge in [0.1, 0.15) is 0 Å². The fraction of sp³-hybridized carbons (Fsp3) is 0.333. The van der Waals surface area contributed by atoms with E-state index in [1.807, 2.05) is 18.2 Å². The van der Waals surface area contributed by atoms with Crippen LogP contribution < -0.4 is 11.1 Å². The summed E-state index contributed by atoms with van der Waals surface area (Å²) in [6.45, 7) is 1.36. The summed E-state index contributed by atoms with van der Waals surface area (Å²) < 4.78 is 6.22. The molecule has 1 amide bonds. The Hall–Kier alpha value is -1.50. The highest BCUT2D eigenvalue weighted by Gasteiger charge is 2.04. The van der Waals surface area contributed by atoms with Crippen LogP contribution in [-0.4, -0.2) is 30.6 Å². The molecule has 5 nitrogen and oxygen atoms in total. The first kappa shape index (κ1) is 12.9. The Balaban J connectivity index is 1.86. The Labute approximate surface area is 109 Å². The highest BCUT2D eigenvalue weighted by Crippen LogP contribution is 2.21. The highest BCUT2D eigenvalue weighted by molar-refractivity contribution is 7.16. The maximum absolute atomic E-state index is 11.6. The SMILES string of the molecule is NCCOCCC(=O)Nc1ccc2ncsc2c1. The van der Waals surface area contributed by atoms with Crippen molar-refractivity contribution in [3.8, 4) is 0 Å². The molecule has 1 heterocycles. The molecule has 0 saturated heterocycles. The van der Waals surface area contributed by atoms with E-state index in [2.05, 4.69) is 10.3 Å². The van der Waals surface area contributed by atoms with Crippen molar-refractivity contribution in [2.45, 2.75) is 6.42 Å². The summed E-state index contributed by atoms with van der Waals surface area (Å²) in [7, 11) is 0. The third kappa shape index (κ3) is 3.49. The number of nitrogens with one attached hydrogen (secondary N) is 1. The largest absolute Gasteiger partial charge is 0.380 e. The van der Waals surface area contributed by atoms with Crippen molar-refractivity contribution in [2.75, 3.05) is 25.1 Å². The van der Waals surface area contributed by atoms with Gasteiger partial charge in [-0.3, -0.25) is 4.79 Å². The molecule has 0 aliphatic heterocycles. The van der Waals surface area contributed by atoms with Crippen LogP contribution in [0.15, 0.2) is 23.7 Å². The van der Waals surface area contributed by atoms with Crippen LogP contribution in [0.4, 0.5) is 5.69 Å². The molecular weight excluding hydrogens is 250 g/mol. The Morgan fingerprint density at radius 1 is 1.44 bits per heavy atom. The molecule has 0 atom stereocenters. The molecule has 0 radical (unpaired) electrons. The number of ether oxygens (including phenoxy) is 1. The van der Waals surface area contributed by atoms with Crippen molar-refractivity contribution in [1.82, 2.24) is 4.98 Å². The van der Waals surface area contributed by atoms with Crippen molar-refractivity contribution < 1.29 is 9.53 Å². The molecule has 1 aromatic carbocycles. The quantitative estimate of drug-likeness (QED) is 0.778. The van der Waals surface area contributed by atoms with E-state index in [9.17, 15) is 4.79 Å².